The van der Waals surface area contributed by atoms with Crippen molar-refractivity contribution in [2.45, 2.75) is 19.8 Å². The molecule has 1 nitrogen and oxygen atoms in total. The molecule has 1 aromatic heterocycles. The summed E-state index contributed by atoms with van der Waals surface area (Å²) >= 11 is 0. The van der Waals surface area contributed by atoms with Crippen molar-refractivity contribution >= 4 is 24.1 Å². The highest BCUT2D eigenvalue weighted by molar-refractivity contribution is 5.85. The lowest BCUT2D eigenvalue weighted by atomic mass is 10.0. The van der Waals surface area contributed by atoms with Gasteiger partial charge in [-0.25, -0.2) is 0 Å². The molecule has 2 aromatic rings. The molecule has 3 rings (SSSR count). The molecule has 1 aliphatic carbocycles. The Labute approximate surface area is 114 Å². The predicted molar refractivity (Wildman–Crippen MR) is 78.9 cm³/mol. The van der Waals surface area contributed by atoms with Gasteiger partial charge in [0.25, 0.3) is 0 Å². The fourth-order valence-electron chi connectivity index (χ4n) is 2.42. The van der Waals surface area contributed by atoms with Crippen LogP contribution in [-0.2, 0) is 6.42 Å². The summed E-state index contributed by atoms with van der Waals surface area (Å²) in [5.41, 5.74) is 6.87. The Bertz CT molecular complexity index is 573. The van der Waals surface area contributed by atoms with E-state index in [1.807, 2.05) is 18.5 Å². The number of hydrogen-bond acceptors (Lipinski definition) is 1. The number of aryl methyl sites for hydroxylation is 2. The van der Waals surface area contributed by atoms with E-state index in [2.05, 4.69) is 42.2 Å². The smallest absolute Gasteiger partial charge is 0.0340 e. The molecular formula is C16H16ClN. The summed E-state index contributed by atoms with van der Waals surface area (Å²) in [7, 11) is 0. The van der Waals surface area contributed by atoms with Crippen LogP contribution in [0.25, 0.3) is 11.6 Å². The highest BCUT2D eigenvalue weighted by Gasteiger charge is 2.15. The van der Waals surface area contributed by atoms with Crippen molar-refractivity contribution in [1.29, 1.82) is 0 Å². The number of allylic oxidation sites excluding steroid dienone is 1. The van der Waals surface area contributed by atoms with E-state index in [0.29, 0.717) is 0 Å². The number of rotatable bonds is 1. The first kappa shape index (κ1) is 12.8. The Morgan fingerprint density at radius 2 is 2.06 bits per heavy atom. The van der Waals surface area contributed by atoms with Crippen LogP contribution >= 0.6 is 12.4 Å². The van der Waals surface area contributed by atoms with Gasteiger partial charge in [0, 0.05) is 12.4 Å². The molecule has 0 spiro atoms. The summed E-state index contributed by atoms with van der Waals surface area (Å²) in [4.78, 5) is 4.16. The topological polar surface area (TPSA) is 12.9 Å². The zero-order chi connectivity index (χ0) is 11.7. The fraction of sp³-hybridized carbons (Fsp3) is 0.188. The second-order valence-electron chi connectivity index (χ2n) is 4.62. The zero-order valence-electron chi connectivity index (χ0n) is 10.4. The maximum absolute atomic E-state index is 4.16. The normalized spacial score (nSPS) is 15.3. The largest absolute Gasteiger partial charge is 0.264 e. The molecule has 1 aliphatic rings. The van der Waals surface area contributed by atoms with Crippen LogP contribution in [0.15, 0.2) is 42.7 Å². The van der Waals surface area contributed by atoms with Gasteiger partial charge in [0.2, 0.25) is 0 Å². The summed E-state index contributed by atoms with van der Waals surface area (Å²) in [6.07, 6.45) is 8.31. The first-order valence-corrected chi connectivity index (χ1v) is 6.03. The standard InChI is InChI=1S/C16H15N.ClH/c1-12-4-5-14-6-7-15(16(14)9-12)10-13-3-2-8-17-11-13;/h2-5,8-11H,6-7H2,1H3;1H/b15-10-;. The van der Waals surface area contributed by atoms with Gasteiger partial charge in [-0.05, 0) is 54.2 Å². The molecule has 0 saturated heterocycles. The maximum Gasteiger partial charge on any atom is 0.0340 e. The zero-order valence-corrected chi connectivity index (χ0v) is 11.2. The first-order chi connectivity index (χ1) is 8.33. The minimum Gasteiger partial charge on any atom is -0.264 e. The second kappa shape index (κ2) is 5.36. The molecule has 2 heteroatoms. The van der Waals surface area contributed by atoms with Crippen molar-refractivity contribution in [3.63, 3.8) is 0 Å². The third kappa shape index (κ3) is 2.46. The van der Waals surface area contributed by atoms with Crippen molar-refractivity contribution in [1.82, 2.24) is 4.98 Å². The van der Waals surface area contributed by atoms with E-state index < -0.39 is 0 Å². The van der Waals surface area contributed by atoms with Crippen LogP contribution in [0.5, 0.6) is 0 Å². The molecule has 0 amide bonds. The maximum atomic E-state index is 4.16. The lowest BCUT2D eigenvalue weighted by Gasteiger charge is -2.03. The van der Waals surface area contributed by atoms with Crippen LogP contribution in [0, 0.1) is 6.92 Å². The van der Waals surface area contributed by atoms with Gasteiger partial charge in [-0.1, -0.05) is 29.8 Å². The van der Waals surface area contributed by atoms with Crippen LogP contribution in [-0.4, -0.2) is 4.98 Å². The number of nitrogens with zero attached hydrogens (tertiary/aromatic N) is 1. The lowest BCUT2D eigenvalue weighted by Crippen LogP contribution is -1.83. The van der Waals surface area contributed by atoms with Gasteiger partial charge in [0.15, 0.2) is 0 Å². The fourth-order valence-corrected chi connectivity index (χ4v) is 2.42. The lowest BCUT2D eigenvalue weighted by molar-refractivity contribution is 1.08. The first-order valence-electron chi connectivity index (χ1n) is 6.03. The van der Waals surface area contributed by atoms with Crippen LogP contribution in [0.1, 0.15) is 28.7 Å². The average Bonchev–Trinajstić information content (AvgIpc) is 2.73. The van der Waals surface area contributed by atoms with E-state index in [1.54, 1.807) is 0 Å². The third-order valence-corrected chi connectivity index (χ3v) is 3.30. The average molecular weight is 258 g/mol. The number of halogens is 1. The van der Waals surface area contributed by atoms with Gasteiger partial charge >= 0.3 is 0 Å². The van der Waals surface area contributed by atoms with Crippen LogP contribution in [0.4, 0.5) is 0 Å². The Balaban J connectivity index is 0.00000120. The van der Waals surface area contributed by atoms with E-state index in [-0.39, 0.29) is 12.4 Å². The van der Waals surface area contributed by atoms with Gasteiger partial charge < -0.3 is 0 Å². The molecule has 1 aromatic carbocycles. The summed E-state index contributed by atoms with van der Waals surface area (Å²) in [6.45, 7) is 2.15. The van der Waals surface area contributed by atoms with Crippen molar-refractivity contribution in [2.24, 2.45) is 0 Å². The minimum atomic E-state index is 0. The molecule has 0 unspecified atom stereocenters. The summed E-state index contributed by atoms with van der Waals surface area (Å²) < 4.78 is 0. The van der Waals surface area contributed by atoms with Crippen molar-refractivity contribution < 1.29 is 0 Å². The molecule has 0 aliphatic heterocycles. The molecule has 0 atom stereocenters. The summed E-state index contributed by atoms with van der Waals surface area (Å²) in [5, 5.41) is 0. The van der Waals surface area contributed by atoms with Gasteiger partial charge in [0.05, 0.1) is 0 Å². The molecular weight excluding hydrogens is 242 g/mol. The number of hydrogen-bond donors (Lipinski definition) is 0. The van der Waals surface area contributed by atoms with Crippen molar-refractivity contribution in [2.75, 3.05) is 0 Å². The van der Waals surface area contributed by atoms with Crippen molar-refractivity contribution in [3.8, 4) is 0 Å². The monoisotopic (exact) mass is 257 g/mol. The van der Waals surface area contributed by atoms with Crippen LogP contribution < -0.4 is 0 Å². The second-order valence-corrected chi connectivity index (χ2v) is 4.62. The van der Waals surface area contributed by atoms with Gasteiger partial charge in [-0.3, -0.25) is 4.98 Å². The van der Waals surface area contributed by atoms with E-state index in [1.165, 1.54) is 34.2 Å². The molecule has 18 heavy (non-hydrogen) atoms. The van der Waals surface area contributed by atoms with Gasteiger partial charge in [-0.2, -0.15) is 0 Å². The summed E-state index contributed by atoms with van der Waals surface area (Å²) in [6, 6.07) is 10.8. The SMILES string of the molecule is Cc1ccc2c(c1)/C(=C\c1cccnc1)CC2.Cl. The van der Waals surface area contributed by atoms with E-state index in [9.17, 15) is 0 Å². The Kier molecular flexibility index (Phi) is 3.83. The van der Waals surface area contributed by atoms with E-state index in [4.69, 9.17) is 0 Å². The molecule has 0 bridgehead atoms. The van der Waals surface area contributed by atoms with Gasteiger partial charge in [-0.15, -0.1) is 12.4 Å². The van der Waals surface area contributed by atoms with Crippen LogP contribution in [0.2, 0.25) is 0 Å². The Morgan fingerprint density at radius 3 is 2.83 bits per heavy atom. The van der Waals surface area contributed by atoms with Gasteiger partial charge in [0.1, 0.15) is 0 Å². The van der Waals surface area contributed by atoms with E-state index in [0.717, 1.165) is 6.42 Å². The number of pyridine rings is 1. The number of benzene rings is 1. The highest BCUT2D eigenvalue weighted by Crippen LogP contribution is 2.34. The molecule has 0 radical (unpaired) electrons. The molecule has 1 heterocycles. The molecule has 0 fully saturated rings. The quantitative estimate of drug-likeness (QED) is 0.742. The number of aromatic nitrogens is 1. The summed E-state index contributed by atoms with van der Waals surface area (Å²) in [5.74, 6) is 0. The minimum absolute atomic E-state index is 0. The Morgan fingerprint density at radius 1 is 1.17 bits per heavy atom. The molecule has 0 N–H and O–H groups in total. The molecule has 0 saturated carbocycles. The third-order valence-electron chi connectivity index (χ3n) is 3.30. The van der Waals surface area contributed by atoms with Crippen LogP contribution in [0.3, 0.4) is 0 Å². The van der Waals surface area contributed by atoms with Crippen molar-refractivity contribution in [3.05, 3.63) is 65.0 Å². The number of fused-ring (bicyclic) bond motifs is 1. The molecule has 92 valence electrons. The van der Waals surface area contributed by atoms with E-state index >= 15 is 0 Å². The predicted octanol–water partition coefficient (Wildman–Crippen LogP) is 4.30. The Hall–Kier alpha value is -1.60. The highest BCUT2D eigenvalue weighted by atomic mass is 35.5.